The average Bonchev–Trinajstić information content (AvgIpc) is 2.99. The van der Waals surface area contributed by atoms with Crippen LogP contribution in [-0.2, 0) is 19.5 Å². The first-order chi connectivity index (χ1) is 10.5. The SMILES string of the molecule is O=S(=O)(CCOC1CCOC1)N[C@@H](CO)c1ccc(Cl)cc1. The summed E-state index contributed by atoms with van der Waals surface area (Å²) in [6.07, 6.45) is 0.762. The lowest BCUT2D eigenvalue weighted by atomic mass is 10.1. The highest BCUT2D eigenvalue weighted by atomic mass is 35.5. The second kappa shape index (κ2) is 8.24. The van der Waals surface area contributed by atoms with Crippen LogP contribution in [0.4, 0.5) is 0 Å². The molecule has 1 heterocycles. The molecule has 8 heteroatoms. The van der Waals surface area contributed by atoms with Crippen molar-refractivity contribution in [3.63, 3.8) is 0 Å². The Labute approximate surface area is 135 Å². The lowest BCUT2D eigenvalue weighted by Crippen LogP contribution is -2.34. The smallest absolute Gasteiger partial charge is 0.214 e. The molecule has 22 heavy (non-hydrogen) atoms. The van der Waals surface area contributed by atoms with Crippen molar-refractivity contribution in [1.82, 2.24) is 4.72 Å². The molecule has 1 saturated heterocycles. The van der Waals surface area contributed by atoms with Gasteiger partial charge in [0, 0.05) is 11.6 Å². The van der Waals surface area contributed by atoms with Gasteiger partial charge in [0.2, 0.25) is 10.0 Å². The van der Waals surface area contributed by atoms with Crippen molar-refractivity contribution in [2.45, 2.75) is 18.6 Å². The van der Waals surface area contributed by atoms with Gasteiger partial charge in [-0.25, -0.2) is 13.1 Å². The van der Waals surface area contributed by atoms with Crippen LogP contribution in [0.5, 0.6) is 0 Å². The van der Waals surface area contributed by atoms with Crippen LogP contribution in [0.1, 0.15) is 18.0 Å². The molecule has 0 amide bonds. The molecule has 1 aromatic carbocycles. The molecular weight excluding hydrogens is 330 g/mol. The van der Waals surface area contributed by atoms with E-state index in [-0.39, 0.29) is 25.1 Å². The van der Waals surface area contributed by atoms with Gasteiger partial charge in [-0.15, -0.1) is 0 Å². The fourth-order valence-corrected chi connectivity index (χ4v) is 3.35. The number of rotatable bonds is 8. The maximum absolute atomic E-state index is 12.1. The van der Waals surface area contributed by atoms with Gasteiger partial charge in [0.05, 0.1) is 37.7 Å². The minimum atomic E-state index is -3.55. The van der Waals surface area contributed by atoms with Crippen LogP contribution in [0.2, 0.25) is 5.02 Å². The van der Waals surface area contributed by atoms with Crippen molar-refractivity contribution in [3.05, 3.63) is 34.9 Å². The summed E-state index contributed by atoms with van der Waals surface area (Å²) in [4.78, 5) is 0. The summed E-state index contributed by atoms with van der Waals surface area (Å²) >= 11 is 5.80. The third-order valence-electron chi connectivity index (χ3n) is 3.37. The number of benzene rings is 1. The molecule has 2 atom stereocenters. The molecule has 0 bridgehead atoms. The Balaban J connectivity index is 1.86. The second-order valence-electron chi connectivity index (χ2n) is 5.08. The van der Waals surface area contributed by atoms with Gasteiger partial charge in [0.1, 0.15) is 0 Å². The van der Waals surface area contributed by atoms with E-state index in [4.69, 9.17) is 21.1 Å². The molecule has 2 N–H and O–H groups in total. The van der Waals surface area contributed by atoms with Crippen molar-refractivity contribution in [2.75, 3.05) is 32.2 Å². The Bertz CT molecular complexity index is 557. The number of nitrogens with one attached hydrogen (secondary N) is 1. The Morgan fingerprint density at radius 2 is 2.14 bits per heavy atom. The number of halogens is 1. The van der Waals surface area contributed by atoms with Crippen LogP contribution in [0.15, 0.2) is 24.3 Å². The third-order valence-corrected chi connectivity index (χ3v) is 4.97. The average molecular weight is 350 g/mol. The summed E-state index contributed by atoms with van der Waals surface area (Å²) in [6.45, 7) is 0.927. The Hall–Kier alpha value is -0.700. The monoisotopic (exact) mass is 349 g/mol. The van der Waals surface area contributed by atoms with E-state index in [1.54, 1.807) is 24.3 Å². The number of aliphatic hydroxyl groups excluding tert-OH is 1. The minimum Gasteiger partial charge on any atom is -0.394 e. The maximum Gasteiger partial charge on any atom is 0.214 e. The number of aliphatic hydroxyl groups is 1. The quantitative estimate of drug-likeness (QED) is 0.734. The summed E-state index contributed by atoms with van der Waals surface area (Å²) in [5.74, 6) is -0.159. The molecule has 124 valence electrons. The lowest BCUT2D eigenvalue weighted by molar-refractivity contribution is 0.0518. The van der Waals surface area contributed by atoms with Crippen molar-refractivity contribution >= 4 is 21.6 Å². The molecule has 2 rings (SSSR count). The fraction of sp³-hybridized carbons (Fsp3) is 0.571. The normalized spacial score (nSPS) is 20.2. The number of hydrogen-bond acceptors (Lipinski definition) is 5. The maximum atomic E-state index is 12.1. The molecule has 0 radical (unpaired) electrons. The third kappa shape index (κ3) is 5.49. The van der Waals surface area contributed by atoms with Crippen molar-refractivity contribution in [3.8, 4) is 0 Å². The van der Waals surface area contributed by atoms with Gasteiger partial charge < -0.3 is 14.6 Å². The predicted molar refractivity (Wildman–Crippen MR) is 83.4 cm³/mol. The summed E-state index contributed by atoms with van der Waals surface area (Å²) in [5.41, 5.74) is 0.653. The number of hydrogen-bond donors (Lipinski definition) is 2. The second-order valence-corrected chi connectivity index (χ2v) is 7.39. The summed E-state index contributed by atoms with van der Waals surface area (Å²) in [7, 11) is -3.55. The molecule has 0 aliphatic carbocycles. The van der Waals surface area contributed by atoms with E-state index >= 15 is 0 Å². The van der Waals surface area contributed by atoms with Crippen LogP contribution in [0.3, 0.4) is 0 Å². The van der Waals surface area contributed by atoms with E-state index in [2.05, 4.69) is 4.72 Å². The Kier molecular flexibility index (Phi) is 6.61. The Morgan fingerprint density at radius 1 is 1.41 bits per heavy atom. The van der Waals surface area contributed by atoms with Crippen LogP contribution in [0.25, 0.3) is 0 Å². The van der Waals surface area contributed by atoms with Gasteiger partial charge in [-0.3, -0.25) is 0 Å². The van der Waals surface area contributed by atoms with E-state index < -0.39 is 16.1 Å². The van der Waals surface area contributed by atoms with Crippen LogP contribution < -0.4 is 4.72 Å². The van der Waals surface area contributed by atoms with E-state index in [1.807, 2.05) is 0 Å². The first-order valence-corrected chi connectivity index (χ1v) is 9.09. The zero-order valence-corrected chi connectivity index (χ0v) is 13.6. The van der Waals surface area contributed by atoms with Gasteiger partial charge in [-0.05, 0) is 24.1 Å². The molecule has 1 unspecified atom stereocenters. The molecule has 1 fully saturated rings. The molecular formula is C14H20ClNO5S. The molecule has 0 saturated carbocycles. The van der Waals surface area contributed by atoms with Gasteiger partial charge in [0.25, 0.3) is 0 Å². The summed E-state index contributed by atoms with van der Waals surface area (Å²) in [5, 5.41) is 9.95. The molecule has 1 aliphatic rings. The standard InChI is InChI=1S/C14H20ClNO5S/c15-12-3-1-11(2-4-12)14(9-17)16-22(18,19)8-7-21-13-5-6-20-10-13/h1-4,13-14,16-17H,5-10H2/t13?,14-/m0/s1. The first-order valence-electron chi connectivity index (χ1n) is 7.06. The molecule has 0 aromatic heterocycles. The van der Waals surface area contributed by atoms with Gasteiger partial charge in [-0.1, -0.05) is 23.7 Å². The van der Waals surface area contributed by atoms with E-state index in [0.29, 0.717) is 23.8 Å². The van der Waals surface area contributed by atoms with E-state index in [0.717, 1.165) is 6.42 Å². The zero-order valence-electron chi connectivity index (χ0n) is 12.1. The molecule has 6 nitrogen and oxygen atoms in total. The van der Waals surface area contributed by atoms with Gasteiger partial charge in [0.15, 0.2) is 0 Å². The lowest BCUT2D eigenvalue weighted by Gasteiger charge is -2.17. The summed E-state index contributed by atoms with van der Waals surface area (Å²) < 4.78 is 37.2. The van der Waals surface area contributed by atoms with Gasteiger partial charge in [-0.2, -0.15) is 0 Å². The summed E-state index contributed by atoms with van der Waals surface area (Å²) in [6, 6.07) is 5.96. The largest absolute Gasteiger partial charge is 0.394 e. The fourth-order valence-electron chi connectivity index (χ4n) is 2.15. The number of ether oxygens (including phenoxy) is 2. The van der Waals surface area contributed by atoms with E-state index in [1.165, 1.54) is 0 Å². The van der Waals surface area contributed by atoms with Gasteiger partial charge >= 0.3 is 0 Å². The zero-order chi connectivity index (χ0) is 16.0. The molecule has 1 aromatic rings. The van der Waals surface area contributed by atoms with Crippen molar-refractivity contribution in [1.29, 1.82) is 0 Å². The highest BCUT2D eigenvalue weighted by Gasteiger charge is 2.21. The van der Waals surface area contributed by atoms with E-state index in [9.17, 15) is 13.5 Å². The molecule has 1 aliphatic heterocycles. The van der Waals surface area contributed by atoms with Crippen molar-refractivity contribution < 1.29 is 23.0 Å². The van der Waals surface area contributed by atoms with Crippen LogP contribution in [-0.4, -0.2) is 51.8 Å². The van der Waals surface area contributed by atoms with Crippen molar-refractivity contribution in [2.24, 2.45) is 0 Å². The molecule has 0 spiro atoms. The van der Waals surface area contributed by atoms with Crippen LogP contribution >= 0.6 is 11.6 Å². The highest BCUT2D eigenvalue weighted by Crippen LogP contribution is 2.17. The first kappa shape index (κ1) is 17.7. The highest BCUT2D eigenvalue weighted by molar-refractivity contribution is 7.89. The number of sulfonamides is 1. The predicted octanol–water partition coefficient (Wildman–Crippen LogP) is 1.10. The Morgan fingerprint density at radius 3 is 2.73 bits per heavy atom. The van der Waals surface area contributed by atoms with Crippen LogP contribution in [0, 0.1) is 0 Å². The minimum absolute atomic E-state index is 0.0277. The topological polar surface area (TPSA) is 84.9 Å².